The number of benzene rings is 1. The molecule has 0 bridgehead atoms. The highest BCUT2D eigenvalue weighted by Crippen LogP contribution is 2.31. The van der Waals surface area contributed by atoms with E-state index in [4.69, 9.17) is 5.73 Å². The molecule has 0 saturated carbocycles. The molecule has 0 radical (unpaired) electrons. The summed E-state index contributed by atoms with van der Waals surface area (Å²) < 4.78 is 27.3. The van der Waals surface area contributed by atoms with E-state index in [2.05, 4.69) is 35.7 Å². The number of hydrogen-bond donors (Lipinski definition) is 2. The first-order chi connectivity index (χ1) is 9.79. The zero-order chi connectivity index (χ0) is 15.6. The van der Waals surface area contributed by atoms with Gasteiger partial charge < -0.3 is 11.1 Å². The number of nitrogens with zero attached hydrogens (tertiary/aromatic N) is 1. The maximum absolute atomic E-state index is 11.7. The molecule has 21 heavy (non-hydrogen) atoms. The molecule has 0 aliphatic rings. The molecule has 0 fully saturated rings. The molecule has 0 spiro atoms. The highest BCUT2D eigenvalue weighted by atomic mass is 32.2. The second-order valence-electron chi connectivity index (χ2n) is 5.25. The summed E-state index contributed by atoms with van der Waals surface area (Å²) in [5.74, 6) is 0.547. The Kier molecular flexibility index (Phi) is 4.53. The van der Waals surface area contributed by atoms with Crippen molar-refractivity contribution < 1.29 is 8.42 Å². The second kappa shape index (κ2) is 6.03. The molecule has 0 amide bonds. The number of nitrogen functional groups attached to an aromatic ring is 1. The number of nitrogens with one attached hydrogen (secondary N) is 1. The van der Waals surface area contributed by atoms with Crippen LogP contribution in [0.25, 0.3) is 0 Å². The average molecular weight is 325 g/mol. The Morgan fingerprint density at radius 2 is 1.90 bits per heavy atom. The van der Waals surface area contributed by atoms with Crippen LogP contribution < -0.4 is 11.1 Å². The number of rotatable bonds is 5. The number of anilines is 2. The Balaban J connectivity index is 2.14. The van der Waals surface area contributed by atoms with Crippen LogP contribution >= 0.6 is 11.5 Å². The van der Waals surface area contributed by atoms with Crippen molar-refractivity contribution in [3.63, 3.8) is 0 Å². The van der Waals surface area contributed by atoms with Gasteiger partial charge in [-0.3, -0.25) is 0 Å². The van der Waals surface area contributed by atoms with Gasteiger partial charge in [0.05, 0.1) is 0 Å². The third-order valence-corrected chi connectivity index (χ3v) is 5.25. The van der Waals surface area contributed by atoms with E-state index in [1.165, 1.54) is 5.56 Å². The van der Waals surface area contributed by atoms with Gasteiger partial charge in [0, 0.05) is 12.8 Å². The maximum atomic E-state index is 11.7. The lowest BCUT2D eigenvalue weighted by Gasteiger charge is -2.08. The summed E-state index contributed by atoms with van der Waals surface area (Å²) in [7, 11) is -3.38. The van der Waals surface area contributed by atoms with Crippen LogP contribution in [0.2, 0.25) is 0 Å². The minimum Gasteiger partial charge on any atom is -0.382 e. The zero-order valence-corrected chi connectivity index (χ0v) is 13.9. The summed E-state index contributed by atoms with van der Waals surface area (Å²) in [5, 5.41) is 3.59. The molecule has 0 saturated heterocycles. The Bertz CT molecular complexity index is 719. The fourth-order valence-electron chi connectivity index (χ4n) is 1.97. The minimum atomic E-state index is -3.38. The molecule has 5 nitrogen and oxygen atoms in total. The smallest absolute Gasteiger partial charge is 0.182 e. The van der Waals surface area contributed by atoms with Crippen molar-refractivity contribution in [1.29, 1.82) is 0 Å². The summed E-state index contributed by atoms with van der Waals surface area (Å²) in [5.41, 5.74) is 7.98. The first-order valence-electron chi connectivity index (χ1n) is 6.57. The predicted octanol–water partition coefficient (Wildman–Crippen LogP) is 2.86. The maximum Gasteiger partial charge on any atom is 0.182 e. The van der Waals surface area contributed by atoms with Crippen molar-refractivity contribution in [2.45, 2.75) is 31.2 Å². The molecule has 1 heterocycles. The van der Waals surface area contributed by atoms with Crippen LogP contribution in [-0.4, -0.2) is 19.0 Å². The molecule has 1 aromatic carbocycles. The molecule has 0 atom stereocenters. The van der Waals surface area contributed by atoms with E-state index in [0.29, 0.717) is 17.5 Å². The lowest BCUT2D eigenvalue weighted by Crippen LogP contribution is -2.05. The summed E-state index contributed by atoms with van der Waals surface area (Å²) in [4.78, 5) is 0.0892. The van der Waals surface area contributed by atoms with E-state index in [1.807, 2.05) is 12.1 Å². The molecule has 2 rings (SSSR count). The molecule has 0 aliphatic carbocycles. The van der Waals surface area contributed by atoms with Crippen molar-refractivity contribution in [3.8, 4) is 0 Å². The Morgan fingerprint density at radius 3 is 2.43 bits per heavy atom. The van der Waals surface area contributed by atoms with Crippen molar-refractivity contribution in [2.24, 2.45) is 0 Å². The van der Waals surface area contributed by atoms with Gasteiger partial charge in [0.1, 0.15) is 9.90 Å². The minimum absolute atomic E-state index is 0.0557. The molecular formula is C14H19N3O2S2. The third kappa shape index (κ3) is 3.74. The first kappa shape index (κ1) is 15.8. The summed E-state index contributed by atoms with van der Waals surface area (Å²) in [6.45, 7) is 4.82. The van der Waals surface area contributed by atoms with Gasteiger partial charge in [0.2, 0.25) is 0 Å². The van der Waals surface area contributed by atoms with Gasteiger partial charge in [-0.2, -0.15) is 4.37 Å². The van der Waals surface area contributed by atoms with E-state index in [1.54, 1.807) is 0 Å². The number of aromatic nitrogens is 1. The van der Waals surface area contributed by atoms with Gasteiger partial charge in [0.15, 0.2) is 15.7 Å². The van der Waals surface area contributed by atoms with Crippen LogP contribution in [0, 0.1) is 0 Å². The Morgan fingerprint density at radius 1 is 1.29 bits per heavy atom. The van der Waals surface area contributed by atoms with Crippen LogP contribution in [-0.2, 0) is 16.4 Å². The third-order valence-electron chi connectivity index (χ3n) is 3.14. The van der Waals surface area contributed by atoms with Crippen molar-refractivity contribution in [2.75, 3.05) is 17.3 Å². The highest BCUT2D eigenvalue weighted by Gasteiger charge is 2.20. The van der Waals surface area contributed by atoms with E-state index >= 15 is 0 Å². The van der Waals surface area contributed by atoms with Crippen LogP contribution in [0.5, 0.6) is 0 Å². The molecule has 7 heteroatoms. The SMILES string of the molecule is CC(C)c1ccc(CNc2snc(N)c2S(C)(=O)=O)cc1. The predicted molar refractivity (Wildman–Crippen MR) is 87.5 cm³/mol. The summed E-state index contributed by atoms with van der Waals surface area (Å²) >= 11 is 1.07. The molecule has 3 N–H and O–H groups in total. The van der Waals surface area contributed by atoms with Crippen molar-refractivity contribution in [1.82, 2.24) is 4.37 Å². The molecule has 0 unspecified atom stereocenters. The van der Waals surface area contributed by atoms with Gasteiger partial charge in [0.25, 0.3) is 0 Å². The lowest BCUT2D eigenvalue weighted by molar-refractivity contribution is 0.602. The number of hydrogen-bond acceptors (Lipinski definition) is 6. The van der Waals surface area contributed by atoms with Crippen LogP contribution in [0.3, 0.4) is 0 Å². The second-order valence-corrected chi connectivity index (χ2v) is 7.97. The van der Waals surface area contributed by atoms with Gasteiger partial charge in [-0.05, 0) is 28.6 Å². The van der Waals surface area contributed by atoms with E-state index in [9.17, 15) is 8.42 Å². The average Bonchev–Trinajstić information content (AvgIpc) is 2.78. The standard InChI is InChI=1S/C14H19N3O2S2/c1-9(2)11-6-4-10(5-7-11)8-16-14-12(21(3,18)19)13(15)17-20-14/h4-7,9,16H,8H2,1-3H3,(H2,15,17). The Hall–Kier alpha value is -1.60. The molecule has 114 valence electrons. The van der Waals surface area contributed by atoms with E-state index in [-0.39, 0.29) is 10.7 Å². The zero-order valence-electron chi connectivity index (χ0n) is 12.3. The largest absolute Gasteiger partial charge is 0.382 e. The van der Waals surface area contributed by atoms with Gasteiger partial charge in [-0.25, -0.2) is 8.42 Å². The summed E-state index contributed by atoms with van der Waals surface area (Å²) in [6.07, 6.45) is 1.13. The topological polar surface area (TPSA) is 85.1 Å². The molecule has 2 aromatic rings. The van der Waals surface area contributed by atoms with Crippen molar-refractivity contribution >= 4 is 32.2 Å². The normalized spacial score (nSPS) is 11.8. The highest BCUT2D eigenvalue weighted by molar-refractivity contribution is 7.91. The number of sulfone groups is 1. The van der Waals surface area contributed by atoms with Crippen molar-refractivity contribution in [3.05, 3.63) is 35.4 Å². The van der Waals surface area contributed by atoms with Crippen LogP contribution in [0.4, 0.5) is 10.8 Å². The number of nitrogens with two attached hydrogens (primary N) is 1. The fourth-order valence-corrected chi connectivity index (χ4v) is 4.03. The van der Waals surface area contributed by atoms with E-state index < -0.39 is 9.84 Å². The van der Waals surface area contributed by atoms with Gasteiger partial charge >= 0.3 is 0 Å². The van der Waals surface area contributed by atoms with Crippen LogP contribution in [0.1, 0.15) is 30.9 Å². The molecule has 0 aliphatic heterocycles. The quantitative estimate of drug-likeness (QED) is 0.883. The monoisotopic (exact) mass is 325 g/mol. The first-order valence-corrected chi connectivity index (χ1v) is 9.23. The van der Waals surface area contributed by atoms with Crippen LogP contribution in [0.15, 0.2) is 29.2 Å². The van der Waals surface area contributed by atoms with Gasteiger partial charge in [-0.1, -0.05) is 38.1 Å². The van der Waals surface area contributed by atoms with Gasteiger partial charge in [-0.15, -0.1) is 0 Å². The molecule has 1 aromatic heterocycles. The van der Waals surface area contributed by atoms with E-state index in [0.717, 1.165) is 23.4 Å². The lowest BCUT2D eigenvalue weighted by atomic mass is 10.0. The molecular weight excluding hydrogens is 306 g/mol. The summed E-state index contributed by atoms with van der Waals surface area (Å²) in [6, 6.07) is 8.24. The Labute approximate surface area is 129 Å². The fraction of sp³-hybridized carbons (Fsp3) is 0.357.